The summed E-state index contributed by atoms with van der Waals surface area (Å²) in [4.78, 5) is 0. The van der Waals surface area contributed by atoms with E-state index in [2.05, 4.69) is 4.74 Å². The van der Waals surface area contributed by atoms with Gasteiger partial charge in [-0.3, -0.25) is 0 Å². The molecule has 2 N–H and O–H groups in total. The smallest absolute Gasteiger partial charge is 0.190 e. The molecule has 0 heterocycles. The van der Waals surface area contributed by atoms with Crippen LogP contribution in [0.3, 0.4) is 0 Å². The lowest BCUT2D eigenvalue weighted by atomic mass is 10.7. The molecule has 3 nitrogen and oxygen atoms in total. The van der Waals surface area contributed by atoms with E-state index in [1.54, 1.807) is 6.92 Å². The zero-order valence-corrected chi connectivity index (χ0v) is 4.22. The van der Waals surface area contributed by atoms with Gasteiger partial charge in [-0.15, -0.1) is 0 Å². The molecule has 1 atom stereocenters. The van der Waals surface area contributed by atoms with Gasteiger partial charge in [0.1, 0.15) is 0 Å². The van der Waals surface area contributed by atoms with Crippen LogP contribution in [0.25, 0.3) is 0 Å². The Morgan fingerprint density at radius 1 is 2.00 bits per heavy atom. The maximum Gasteiger partial charge on any atom is 0.190 e. The SMILES string of the molecule is CCOC(O)C=N. The predicted octanol–water partition coefficient (Wildman–Crippen LogP) is -0.00913. The quantitative estimate of drug-likeness (QED) is 0.390. The molecule has 0 aliphatic heterocycles. The van der Waals surface area contributed by atoms with Gasteiger partial charge in [0.05, 0.1) is 6.21 Å². The molecule has 1 unspecified atom stereocenters. The van der Waals surface area contributed by atoms with E-state index >= 15 is 0 Å². The Balaban J connectivity index is 2.98. The Hall–Kier alpha value is -0.410. The Bertz CT molecular complexity index is 55.7. The fraction of sp³-hybridized carbons (Fsp3) is 0.750. The second-order valence-corrected chi connectivity index (χ2v) is 1.01. The fourth-order valence-electron chi connectivity index (χ4n) is 0.219. The topological polar surface area (TPSA) is 53.3 Å². The monoisotopic (exact) mass is 103 g/mol. The summed E-state index contributed by atoms with van der Waals surface area (Å²) in [5.74, 6) is 0. The summed E-state index contributed by atoms with van der Waals surface area (Å²) in [7, 11) is 0. The minimum absolute atomic E-state index is 0.441. The number of rotatable bonds is 3. The second-order valence-electron chi connectivity index (χ2n) is 1.01. The zero-order valence-electron chi connectivity index (χ0n) is 4.22. The summed E-state index contributed by atoms with van der Waals surface area (Å²) in [6.45, 7) is 2.20. The van der Waals surface area contributed by atoms with Crippen LogP contribution in [0, 0.1) is 5.41 Å². The number of aliphatic hydroxyl groups is 1. The number of nitrogens with one attached hydrogen (secondary N) is 1. The Morgan fingerprint density at radius 2 is 2.57 bits per heavy atom. The molecule has 0 radical (unpaired) electrons. The van der Waals surface area contributed by atoms with Crippen LogP contribution in [-0.2, 0) is 4.74 Å². The van der Waals surface area contributed by atoms with Crippen LogP contribution < -0.4 is 0 Å². The highest BCUT2D eigenvalue weighted by atomic mass is 16.6. The Labute approximate surface area is 42.4 Å². The van der Waals surface area contributed by atoms with Crippen molar-refractivity contribution in [3.63, 3.8) is 0 Å². The van der Waals surface area contributed by atoms with E-state index in [4.69, 9.17) is 10.5 Å². The van der Waals surface area contributed by atoms with E-state index in [9.17, 15) is 0 Å². The molecular formula is C4H9NO2. The molecule has 0 saturated carbocycles. The first-order valence-corrected chi connectivity index (χ1v) is 2.11. The van der Waals surface area contributed by atoms with Crippen molar-refractivity contribution in [2.45, 2.75) is 13.2 Å². The lowest BCUT2D eigenvalue weighted by Crippen LogP contribution is -2.11. The molecule has 0 aromatic rings. The lowest BCUT2D eigenvalue weighted by Gasteiger charge is -2.00. The number of ether oxygens (including phenoxy) is 1. The zero-order chi connectivity index (χ0) is 5.70. The van der Waals surface area contributed by atoms with Crippen molar-refractivity contribution in [2.75, 3.05) is 6.61 Å². The normalized spacial score (nSPS) is 13.4. The van der Waals surface area contributed by atoms with Gasteiger partial charge in [0.2, 0.25) is 0 Å². The van der Waals surface area contributed by atoms with Crippen LogP contribution >= 0.6 is 0 Å². The van der Waals surface area contributed by atoms with Crippen LogP contribution in [0.5, 0.6) is 0 Å². The minimum Gasteiger partial charge on any atom is -0.363 e. The molecule has 3 heteroatoms. The third kappa shape index (κ3) is 3.42. The summed E-state index contributed by atoms with van der Waals surface area (Å²) in [5, 5.41) is 14.8. The van der Waals surface area contributed by atoms with Gasteiger partial charge in [0.15, 0.2) is 6.29 Å². The maximum atomic E-state index is 8.39. The molecule has 0 aromatic carbocycles. The molecule has 42 valence electrons. The van der Waals surface area contributed by atoms with Crippen molar-refractivity contribution in [3.8, 4) is 0 Å². The summed E-state index contributed by atoms with van der Waals surface area (Å²) >= 11 is 0. The second kappa shape index (κ2) is 3.77. The predicted molar refractivity (Wildman–Crippen MR) is 26.4 cm³/mol. The van der Waals surface area contributed by atoms with Crippen molar-refractivity contribution in [1.29, 1.82) is 5.41 Å². The minimum atomic E-state index is -1.01. The summed E-state index contributed by atoms with van der Waals surface area (Å²) in [5.41, 5.74) is 0. The molecule has 0 aliphatic carbocycles. The first-order valence-electron chi connectivity index (χ1n) is 2.11. The summed E-state index contributed by atoms with van der Waals surface area (Å²) < 4.78 is 4.50. The van der Waals surface area contributed by atoms with E-state index in [0.717, 1.165) is 6.21 Å². The van der Waals surface area contributed by atoms with E-state index in [-0.39, 0.29) is 0 Å². The average Bonchev–Trinajstić information content (AvgIpc) is 1.68. The highest BCUT2D eigenvalue weighted by molar-refractivity contribution is 5.56. The average molecular weight is 103 g/mol. The molecule has 0 fully saturated rings. The molecule has 0 spiro atoms. The van der Waals surface area contributed by atoms with Crippen LogP contribution in [0.1, 0.15) is 6.92 Å². The van der Waals surface area contributed by atoms with Gasteiger partial charge in [-0.05, 0) is 6.92 Å². The van der Waals surface area contributed by atoms with Crippen molar-refractivity contribution < 1.29 is 9.84 Å². The van der Waals surface area contributed by atoms with Gasteiger partial charge in [0.25, 0.3) is 0 Å². The highest BCUT2D eigenvalue weighted by Crippen LogP contribution is 1.77. The first kappa shape index (κ1) is 6.59. The largest absolute Gasteiger partial charge is 0.363 e. The molecule has 0 bridgehead atoms. The number of hydrogen-bond acceptors (Lipinski definition) is 3. The van der Waals surface area contributed by atoms with Crippen molar-refractivity contribution in [3.05, 3.63) is 0 Å². The third-order valence-corrected chi connectivity index (χ3v) is 0.480. The van der Waals surface area contributed by atoms with Crippen molar-refractivity contribution in [1.82, 2.24) is 0 Å². The molecule has 0 aliphatic rings. The van der Waals surface area contributed by atoms with Crippen molar-refractivity contribution >= 4 is 6.21 Å². The van der Waals surface area contributed by atoms with Gasteiger partial charge < -0.3 is 15.3 Å². The number of aliphatic hydroxyl groups excluding tert-OH is 1. The summed E-state index contributed by atoms with van der Waals surface area (Å²) in [6, 6.07) is 0. The van der Waals surface area contributed by atoms with E-state index in [1.807, 2.05) is 0 Å². The standard InChI is InChI=1S/C4H9NO2/c1-2-7-4(6)3-5/h3-6H,2H2,1H3. The van der Waals surface area contributed by atoms with Crippen LogP contribution in [-0.4, -0.2) is 24.2 Å². The molecule has 0 amide bonds. The molecule has 0 aromatic heterocycles. The van der Waals surface area contributed by atoms with E-state index in [1.165, 1.54) is 0 Å². The van der Waals surface area contributed by atoms with Gasteiger partial charge >= 0.3 is 0 Å². The van der Waals surface area contributed by atoms with Gasteiger partial charge in [-0.25, -0.2) is 0 Å². The highest BCUT2D eigenvalue weighted by Gasteiger charge is 1.91. The van der Waals surface area contributed by atoms with E-state index in [0.29, 0.717) is 6.61 Å². The Morgan fingerprint density at radius 3 is 2.71 bits per heavy atom. The van der Waals surface area contributed by atoms with Crippen molar-refractivity contribution in [2.24, 2.45) is 0 Å². The molecule has 7 heavy (non-hydrogen) atoms. The molecule has 0 saturated heterocycles. The first-order chi connectivity index (χ1) is 3.31. The number of hydrogen-bond donors (Lipinski definition) is 2. The van der Waals surface area contributed by atoms with Gasteiger partial charge in [-0.1, -0.05) is 0 Å². The molecule has 0 rings (SSSR count). The Kier molecular flexibility index (Phi) is 3.55. The summed E-state index contributed by atoms with van der Waals surface area (Å²) in [6.07, 6.45) is -0.172. The third-order valence-electron chi connectivity index (χ3n) is 0.480. The molecular weight excluding hydrogens is 94.0 g/mol. The van der Waals surface area contributed by atoms with E-state index < -0.39 is 6.29 Å². The van der Waals surface area contributed by atoms with Gasteiger partial charge in [-0.2, -0.15) is 0 Å². The van der Waals surface area contributed by atoms with Crippen LogP contribution in [0.15, 0.2) is 0 Å². The maximum absolute atomic E-state index is 8.39. The lowest BCUT2D eigenvalue weighted by molar-refractivity contribution is -0.0408. The fourth-order valence-corrected chi connectivity index (χ4v) is 0.219. The van der Waals surface area contributed by atoms with Crippen LogP contribution in [0.2, 0.25) is 0 Å². The van der Waals surface area contributed by atoms with Gasteiger partial charge in [0, 0.05) is 6.61 Å². The van der Waals surface area contributed by atoms with Crippen LogP contribution in [0.4, 0.5) is 0 Å².